The van der Waals surface area contributed by atoms with Crippen LogP contribution in [0.4, 0.5) is 5.13 Å². The minimum atomic E-state index is -1.08. The zero-order valence-electron chi connectivity index (χ0n) is 21.3. The van der Waals surface area contributed by atoms with Crippen LogP contribution < -0.4 is 10.1 Å². The van der Waals surface area contributed by atoms with Gasteiger partial charge in [0.1, 0.15) is 23.1 Å². The molecule has 3 heterocycles. The molecule has 1 saturated heterocycles. The van der Waals surface area contributed by atoms with E-state index in [0.717, 1.165) is 43.1 Å². The normalized spacial score (nSPS) is 15.4. The van der Waals surface area contributed by atoms with Gasteiger partial charge >= 0.3 is 5.97 Å². The van der Waals surface area contributed by atoms with Crippen molar-refractivity contribution in [3.63, 3.8) is 0 Å². The standard InChI is InChI=1S/C27H27Cl2N5O4S/c1-15-21(28)22(29)24(30-15)25(35)32-27-31-23-18(12-17(26(36)37)13-20(23)39-27)38-19(16-6-4-3-5-7-16)14-34-10-8-33(2)9-11-34/h3-7,12-13,19,30H,8-11,14H2,1-2H3,(H,36,37)(H,31,32,35). The highest BCUT2D eigenvalue weighted by Gasteiger charge is 2.25. The molecule has 2 aromatic carbocycles. The highest BCUT2D eigenvalue weighted by molar-refractivity contribution is 7.22. The van der Waals surface area contributed by atoms with E-state index in [1.165, 1.54) is 12.1 Å². The van der Waals surface area contributed by atoms with Gasteiger partial charge in [0, 0.05) is 38.4 Å². The predicted octanol–water partition coefficient (Wildman–Crippen LogP) is 5.56. The lowest BCUT2D eigenvalue weighted by Gasteiger charge is -2.34. The molecule has 0 radical (unpaired) electrons. The summed E-state index contributed by atoms with van der Waals surface area (Å²) in [6.07, 6.45) is -0.357. The lowest BCUT2D eigenvalue weighted by Crippen LogP contribution is -2.46. The monoisotopic (exact) mass is 587 g/mol. The largest absolute Gasteiger partial charge is 0.482 e. The Balaban J connectivity index is 1.47. The van der Waals surface area contributed by atoms with Crippen LogP contribution in [0.2, 0.25) is 10.0 Å². The summed E-state index contributed by atoms with van der Waals surface area (Å²) in [6, 6.07) is 12.9. The molecule has 1 atom stereocenters. The van der Waals surface area contributed by atoms with Gasteiger partial charge in [0.25, 0.3) is 5.91 Å². The van der Waals surface area contributed by atoms with Crippen LogP contribution in [0.5, 0.6) is 5.75 Å². The number of carbonyl (C=O) groups is 2. The Morgan fingerprint density at radius 1 is 1.15 bits per heavy atom. The molecule has 0 aliphatic carbocycles. The molecule has 0 spiro atoms. The molecule has 204 valence electrons. The van der Waals surface area contributed by atoms with Gasteiger partial charge in [0.2, 0.25) is 0 Å². The first-order valence-corrected chi connectivity index (χ1v) is 13.9. The number of aryl methyl sites for hydroxylation is 1. The zero-order valence-corrected chi connectivity index (χ0v) is 23.7. The molecule has 1 aliphatic rings. The molecular weight excluding hydrogens is 561 g/mol. The third-order valence-corrected chi connectivity index (χ3v) is 8.53. The first kappa shape index (κ1) is 27.4. The molecule has 0 saturated carbocycles. The van der Waals surface area contributed by atoms with Crippen LogP contribution in [0, 0.1) is 6.92 Å². The van der Waals surface area contributed by atoms with Crippen molar-refractivity contribution in [2.45, 2.75) is 13.0 Å². The number of H-pyrrole nitrogens is 1. The number of anilines is 1. The molecule has 1 unspecified atom stereocenters. The Kier molecular flexibility index (Phi) is 8.11. The number of halogens is 2. The number of aromatic carboxylic acids is 1. The number of nitrogens with one attached hydrogen (secondary N) is 2. The van der Waals surface area contributed by atoms with Crippen molar-refractivity contribution in [1.29, 1.82) is 0 Å². The molecular formula is C27H27Cl2N5O4S. The van der Waals surface area contributed by atoms with Crippen LogP contribution in [0.15, 0.2) is 42.5 Å². The number of carbonyl (C=O) groups excluding carboxylic acids is 1. The van der Waals surface area contributed by atoms with Crippen molar-refractivity contribution in [2.75, 3.05) is 45.1 Å². The van der Waals surface area contributed by atoms with Crippen molar-refractivity contribution in [3.05, 3.63) is 75.0 Å². The quantitative estimate of drug-likeness (QED) is 0.247. The van der Waals surface area contributed by atoms with Crippen molar-refractivity contribution < 1.29 is 19.4 Å². The van der Waals surface area contributed by atoms with Crippen molar-refractivity contribution in [1.82, 2.24) is 19.8 Å². The zero-order chi connectivity index (χ0) is 27.7. The van der Waals surface area contributed by atoms with Crippen LogP contribution in [0.25, 0.3) is 10.2 Å². The van der Waals surface area contributed by atoms with E-state index in [4.69, 9.17) is 27.9 Å². The number of likely N-dealkylation sites (N-methyl/N-ethyl adjacent to an activating group) is 1. The molecule has 1 amide bonds. The number of aromatic nitrogens is 2. The highest BCUT2D eigenvalue weighted by Crippen LogP contribution is 2.37. The fraction of sp³-hybridized carbons (Fsp3) is 0.296. The Bertz CT molecular complexity index is 1520. The van der Waals surface area contributed by atoms with E-state index in [1.807, 2.05) is 30.3 Å². The van der Waals surface area contributed by atoms with Crippen molar-refractivity contribution >= 4 is 61.8 Å². The number of hydrogen-bond acceptors (Lipinski definition) is 7. The van der Waals surface area contributed by atoms with Gasteiger partial charge < -0.3 is 19.7 Å². The molecule has 9 nitrogen and oxygen atoms in total. The van der Waals surface area contributed by atoms with Gasteiger partial charge in [-0.1, -0.05) is 64.9 Å². The van der Waals surface area contributed by atoms with Gasteiger partial charge in [0.05, 0.1) is 20.3 Å². The number of nitrogens with zero attached hydrogens (tertiary/aromatic N) is 3. The highest BCUT2D eigenvalue weighted by atomic mass is 35.5. The number of ether oxygens (including phenoxy) is 1. The van der Waals surface area contributed by atoms with Crippen LogP contribution in [0.3, 0.4) is 0 Å². The maximum Gasteiger partial charge on any atom is 0.335 e. The first-order valence-electron chi connectivity index (χ1n) is 12.3. The van der Waals surface area contributed by atoms with Gasteiger partial charge in [-0.3, -0.25) is 15.0 Å². The van der Waals surface area contributed by atoms with E-state index < -0.39 is 11.9 Å². The summed E-state index contributed by atoms with van der Waals surface area (Å²) in [5.41, 5.74) is 2.21. The van der Waals surface area contributed by atoms with Gasteiger partial charge in [0.15, 0.2) is 5.13 Å². The number of carboxylic acid groups (broad SMARTS) is 1. The van der Waals surface area contributed by atoms with Gasteiger partial charge in [-0.15, -0.1) is 0 Å². The lowest BCUT2D eigenvalue weighted by atomic mass is 10.1. The summed E-state index contributed by atoms with van der Waals surface area (Å²) >= 11 is 13.5. The molecule has 4 aromatic rings. The number of benzene rings is 2. The summed E-state index contributed by atoms with van der Waals surface area (Å²) in [6.45, 7) is 6.09. The molecule has 3 N–H and O–H groups in total. The average Bonchev–Trinajstić information content (AvgIpc) is 3.45. The number of hydrogen-bond donors (Lipinski definition) is 3. The summed E-state index contributed by atoms with van der Waals surface area (Å²) in [7, 11) is 2.11. The second-order valence-electron chi connectivity index (χ2n) is 9.47. The molecule has 12 heteroatoms. The van der Waals surface area contributed by atoms with Crippen LogP contribution >= 0.6 is 34.5 Å². The molecule has 5 rings (SSSR count). The number of piperazine rings is 1. The average molecular weight is 589 g/mol. The molecule has 1 aliphatic heterocycles. The number of amides is 1. The van der Waals surface area contributed by atoms with Gasteiger partial charge in [-0.05, 0) is 31.7 Å². The predicted molar refractivity (Wildman–Crippen MR) is 154 cm³/mol. The molecule has 39 heavy (non-hydrogen) atoms. The second kappa shape index (κ2) is 11.5. The lowest BCUT2D eigenvalue weighted by molar-refractivity contribution is 0.0695. The SMILES string of the molecule is Cc1[nH]c(C(=O)Nc2nc3c(OC(CN4CCN(C)CC4)c4ccccc4)cc(C(=O)O)cc3s2)c(Cl)c1Cl. The van der Waals surface area contributed by atoms with Gasteiger partial charge in [-0.2, -0.15) is 0 Å². The molecule has 2 aromatic heterocycles. The smallest absolute Gasteiger partial charge is 0.335 e. The first-order chi connectivity index (χ1) is 18.7. The van der Waals surface area contributed by atoms with Crippen molar-refractivity contribution in [2.24, 2.45) is 0 Å². The Morgan fingerprint density at radius 2 is 1.87 bits per heavy atom. The third-order valence-electron chi connectivity index (χ3n) is 6.67. The topological polar surface area (TPSA) is 111 Å². The fourth-order valence-corrected chi connectivity index (χ4v) is 5.78. The number of fused-ring (bicyclic) bond motifs is 1. The molecule has 0 bridgehead atoms. The maximum absolute atomic E-state index is 12.9. The van der Waals surface area contributed by atoms with E-state index in [1.54, 1.807) is 6.92 Å². The summed E-state index contributed by atoms with van der Waals surface area (Å²) in [5.74, 6) is -1.26. The van der Waals surface area contributed by atoms with Gasteiger partial charge in [-0.25, -0.2) is 9.78 Å². The van der Waals surface area contributed by atoms with E-state index in [9.17, 15) is 14.7 Å². The second-order valence-corrected chi connectivity index (χ2v) is 11.3. The van der Waals surface area contributed by atoms with E-state index >= 15 is 0 Å². The number of rotatable bonds is 8. The minimum Gasteiger partial charge on any atom is -0.482 e. The summed E-state index contributed by atoms with van der Waals surface area (Å²) < 4.78 is 7.11. The summed E-state index contributed by atoms with van der Waals surface area (Å²) in [4.78, 5) is 37.0. The van der Waals surface area contributed by atoms with E-state index in [0.29, 0.717) is 28.2 Å². The van der Waals surface area contributed by atoms with Crippen LogP contribution in [-0.2, 0) is 0 Å². The van der Waals surface area contributed by atoms with E-state index in [2.05, 4.69) is 32.1 Å². The summed E-state index contributed by atoms with van der Waals surface area (Å²) in [5, 5.41) is 13.2. The number of carboxylic acids is 1. The Hall–Kier alpha value is -3.15. The van der Waals surface area contributed by atoms with E-state index in [-0.39, 0.29) is 32.5 Å². The maximum atomic E-state index is 12.9. The van der Waals surface area contributed by atoms with Crippen molar-refractivity contribution in [3.8, 4) is 5.75 Å². The minimum absolute atomic E-state index is 0.0697. The fourth-order valence-electron chi connectivity index (χ4n) is 4.45. The van der Waals surface area contributed by atoms with Crippen LogP contribution in [-0.4, -0.2) is 76.5 Å². The van der Waals surface area contributed by atoms with Crippen LogP contribution in [0.1, 0.15) is 38.2 Å². The Morgan fingerprint density at radius 3 is 2.51 bits per heavy atom. The molecule has 1 fully saturated rings. The number of aromatic amines is 1. The third kappa shape index (κ3) is 6.05. The Labute approximate surface area is 239 Å². The number of thiazole rings is 1.